The first kappa shape index (κ1) is 35.2. The maximum absolute atomic E-state index is 11.0. The van der Waals surface area contributed by atoms with Crippen LogP contribution in [0.15, 0.2) is 133 Å². The Morgan fingerprint density at radius 3 is 1.87 bits per heavy atom. The number of fused-ring (bicyclic) bond motifs is 6. The number of benzene rings is 6. The van der Waals surface area contributed by atoms with Crippen molar-refractivity contribution in [2.75, 3.05) is 0 Å². The second-order valence-corrected chi connectivity index (χ2v) is 17.2. The molecule has 6 aromatic carbocycles. The Kier molecular flexibility index (Phi) is 8.39. The minimum absolute atomic E-state index is 0.153. The first-order chi connectivity index (χ1) is 26.4. The van der Waals surface area contributed by atoms with E-state index < -0.39 is 11.2 Å². The third-order valence-electron chi connectivity index (χ3n) is 11.6. The number of rotatable bonds is 8. The van der Waals surface area contributed by atoms with E-state index in [4.69, 9.17) is 19.6 Å². The second-order valence-electron chi connectivity index (χ2n) is 16.1. The van der Waals surface area contributed by atoms with E-state index in [2.05, 4.69) is 117 Å². The summed E-state index contributed by atoms with van der Waals surface area (Å²) in [5, 5.41) is 13.5. The monoisotopic (exact) mass is 735 g/mol. The van der Waals surface area contributed by atoms with Gasteiger partial charge in [0.05, 0.1) is 11.2 Å². The molecule has 1 aliphatic carbocycles. The van der Waals surface area contributed by atoms with Gasteiger partial charge < -0.3 is 9.76 Å². The molecule has 2 aromatic heterocycles. The molecule has 0 saturated heterocycles. The van der Waals surface area contributed by atoms with E-state index in [-0.39, 0.29) is 12.9 Å². The number of nitrogens with zero attached hydrogens (tertiary/aromatic N) is 3. The van der Waals surface area contributed by atoms with Crippen LogP contribution in [0.2, 0.25) is 0 Å². The second kappa shape index (κ2) is 13.1. The lowest BCUT2D eigenvalue weighted by Crippen LogP contribution is -2.49. The summed E-state index contributed by atoms with van der Waals surface area (Å²) in [7, 11) is 0.284. The fourth-order valence-electron chi connectivity index (χ4n) is 7.66. The van der Waals surface area contributed by atoms with Crippen LogP contribution in [0.25, 0.3) is 76.6 Å². The van der Waals surface area contributed by atoms with Crippen LogP contribution < -0.4 is 5.46 Å². The Morgan fingerprint density at radius 2 is 1.13 bits per heavy atom. The largest absolute Gasteiger partial charge is 0.427 e. The molecule has 0 fully saturated rings. The molecular formula is C48H42BN3O2S. The number of thiophene rings is 1. The molecular weight excluding hydrogens is 693 g/mol. The van der Waals surface area contributed by atoms with Gasteiger partial charge in [-0.2, -0.15) is 0 Å². The average Bonchev–Trinajstić information content (AvgIpc) is 3.68. The fraction of sp³-hybridized carbons (Fsp3) is 0.188. The summed E-state index contributed by atoms with van der Waals surface area (Å²) in [5.41, 5.74) is 8.99. The highest BCUT2D eigenvalue weighted by molar-refractivity contribution is 7.25. The molecule has 7 heteroatoms. The number of hydrogen-bond acceptors (Lipinski definition) is 6. The Balaban J connectivity index is 1.19. The van der Waals surface area contributed by atoms with Gasteiger partial charge in [0, 0.05) is 42.3 Å². The Morgan fingerprint density at radius 1 is 0.545 bits per heavy atom. The van der Waals surface area contributed by atoms with E-state index in [0.717, 1.165) is 33.3 Å². The van der Waals surface area contributed by atoms with Crippen molar-refractivity contribution in [2.24, 2.45) is 0 Å². The van der Waals surface area contributed by atoms with Crippen LogP contribution in [-0.4, -0.2) is 38.7 Å². The van der Waals surface area contributed by atoms with Crippen LogP contribution in [0.5, 0.6) is 0 Å². The van der Waals surface area contributed by atoms with Crippen molar-refractivity contribution in [1.29, 1.82) is 0 Å². The topological polar surface area (TPSA) is 68.1 Å². The fourth-order valence-corrected chi connectivity index (χ4v) is 8.74. The molecule has 0 bridgehead atoms. The zero-order chi connectivity index (χ0) is 38.1. The van der Waals surface area contributed by atoms with Crippen molar-refractivity contribution in [2.45, 2.75) is 58.2 Å². The molecule has 0 aliphatic heterocycles. The van der Waals surface area contributed by atoms with E-state index in [1.807, 2.05) is 55.5 Å². The van der Waals surface area contributed by atoms with Gasteiger partial charge in [-0.1, -0.05) is 123 Å². The van der Waals surface area contributed by atoms with Crippen LogP contribution in [0.1, 0.15) is 52.7 Å². The lowest BCUT2D eigenvalue weighted by atomic mass is 9.78. The van der Waals surface area contributed by atoms with Gasteiger partial charge in [0.2, 0.25) is 0 Å². The first-order valence-electron chi connectivity index (χ1n) is 18.8. The van der Waals surface area contributed by atoms with Gasteiger partial charge in [0.15, 0.2) is 17.5 Å². The summed E-state index contributed by atoms with van der Waals surface area (Å²) in [6.45, 7) is 12.0. The highest BCUT2D eigenvalue weighted by atomic mass is 32.1. The molecule has 2 heterocycles. The van der Waals surface area contributed by atoms with E-state index >= 15 is 0 Å². The molecule has 8 aromatic rings. The molecule has 5 nitrogen and oxygen atoms in total. The van der Waals surface area contributed by atoms with Crippen LogP contribution in [-0.2, 0) is 10.1 Å². The lowest BCUT2D eigenvalue weighted by molar-refractivity contribution is -0.0893. The minimum atomic E-state index is -1.06. The van der Waals surface area contributed by atoms with Gasteiger partial charge in [-0.3, -0.25) is 0 Å². The third-order valence-corrected chi connectivity index (χ3v) is 12.8. The van der Waals surface area contributed by atoms with Crippen molar-refractivity contribution in [1.82, 2.24) is 15.0 Å². The molecule has 0 unspecified atom stereocenters. The SMILES string of the molecule is CC1(C)c2ccccc2-c2ccc(-c3nc(-c4ccccc4)nc(-c4ccc(-c5ccc6sc7ccccc7c6c5)c(BOC(C)(C)C(C)(C)O)c4)n3)cc21. The Bertz CT molecular complexity index is 2770. The molecule has 0 atom stereocenters. The molecule has 0 radical (unpaired) electrons. The average molecular weight is 736 g/mol. The predicted octanol–water partition coefficient (Wildman–Crippen LogP) is 10.8. The van der Waals surface area contributed by atoms with Gasteiger partial charge in [0.25, 0.3) is 0 Å². The van der Waals surface area contributed by atoms with Crippen molar-refractivity contribution in [3.63, 3.8) is 0 Å². The molecule has 9 rings (SSSR count). The van der Waals surface area contributed by atoms with Crippen LogP contribution in [0.4, 0.5) is 0 Å². The summed E-state index contributed by atoms with van der Waals surface area (Å²) < 4.78 is 9.08. The van der Waals surface area contributed by atoms with Gasteiger partial charge in [-0.25, -0.2) is 15.0 Å². The van der Waals surface area contributed by atoms with E-state index in [0.29, 0.717) is 17.5 Å². The lowest BCUT2D eigenvalue weighted by Gasteiger charge is -2.37. The zero-order valence-corrected chi connectivity index (χ0v) is 32.8. The summed E-state index contributed by atoms with van der Waals surface area (Å²) in [6.07, 6.45) is 0. The molecule has 0 saturated carbocycles. The first-order valence-corrected chi connectivity index (χ1v) is 19.7. The number of hydrogen-bond donors (Lipinski definition) is 1. The molecule has 1 N–H and O–H groups in total. The van der Waals surface area contributed by atoms with E-state index in [1.165, 1.54) is 42.4 Å². The molecule has 55 heavy (non-hydrogen) atoms. The molecule has 1 aliphatic rings. The maximum atomic E-state index is 11.0. The van der Waals surface area contributed by atoms with Gasteiger partial charge in [-0.15, -0.1) is 11.3 Å². The third kappa shape index (κ3) is 6.17. The summed E-state index contributed by atoms with van der Waals surface area (Å²) >= 11 is 1.81. The predicted molar refractivity (Wildman–Crippen MR) is 230 cm³/mol. The van der Waals surface area contributed by atoms with Gasteiger partial charge in [0.1, 0.15) is 0 Å². The smallest absolute Gasteiger partial charge is 0.310 e. The van der Waals surface area contributed by atoms with E-state index in [1.54, 1.807) is 13.8 Å². The highest BCUT2D eigenvalue weighted by Gasteiger charge is 2.37. The molecule has 0 amide bonds. The van der Waals surface area contributed by atoms with Crippen molar-refractivity contribution in [3.05, 3.63) is 145 Å². The van der Waals surface area contributed by atoms with Crippen molar-refractivity contribution >= 4 is 44.5 Å². The molecule has 0 spiro atoms. The van der Waals surface area contributed by atoms with Crippen molar-refractivity contribution < 1.29 is 9.76 Å². The molecule has 270 valence electrons. The summed E-state index contributed by atoms with van der Waals surface area (Å²) in [4.78, 5) is 15.4. The van der Waals surface area contributed by atoms with Crippen molar-refractivity contribution in [3.8, 4) is 56.4 Å². The van der Waals surface area contributed by atoms with Crippen LogP contribution >= 0.6 is 11.3 Å². The minimum Gasteiger partial charge on any atom is -0.427 e. The van der Waals surface area contributed by atoms with Crippen LogP contribution in [0, 0.1) is 0 Å². The summed E-state index contributed by atoms with van der Waals surface area (Å²) in [5.74, 6) is 1.82. The van der Waals surface area contributed by atoms with Crippen LogP contribution in [0.3, 0.4) is 0 Å². The van der Waals surface area contributed by atoms with E-state index in [9.17, 15) is 5.11 Å². The standard InChI is InChI=1S/C48H42BN3O2S/c1-46(2)38-18-12-10-16-34(38)35-24-21-31(27-39(35)46)44-50-43(29-14-8-7-9-15-29)51-45(52-44)32-20-23-33(40(28-32)49-54-48(5,6)47(3,4)53)30-22-25-42-37(26-30)36-17-11-13-19-41(36)55-42/h7-28,49,53H,1-6H3. The highest BCUT2D eigenvalue weighted by Crippen LogP contribution is 2.49. The number of aromatic nitrogens is 3. The summed E-state index contributed by atoms with van der Waals surface area (Å²) in [6, 6.07) is 47.1. The van der Waals surface area contributed by atoms with Gasteiger partial charge in [-0.05, 0) is 90.8 Å². The maximum Gasteiger partial charge on any atom is 0.310 e. The quantitative estimate of drug-likeness (QED) is 0.157. The Hall–Kier alpha value is -5.47. The van der Waals surface area contributed by atoms with Gasteiger partial charge >= 0.3 is 7.48 Å². The normalized spacial score (nSPS) is 13.6. The number of aliphatic hydroxyl groups is 1. The Labute approximate surface area is 327 Å². The zero-order valence-electron chi connectivity index (χ0n) is 32.0.